The summed E-state index contributed by atoms with van der Waals surface area (Å²) in [7, 11) is 1.71. The Labute approximate surface area is 154 Å². The molecule has 1 atom stereocenters. The third kappa shape index (κ3) is 4.71. The molecule has 0 saturated carbocycles. The first-order valence-electron chi connectivity index (χ1n) is 7.97. The third-order valence-electron chi connectivity index (χ3n) is 4.22. The minimum Gasteiger partial charge on any atom is -0.383 e. The number of nitrogens with one attached hydrogen (secondary N) is 1. The highest BCUT2D eigenvalue weighted by Crippen LogP contribution is 2.29. The van der Waals surface area contributed by atoms with Crippen LogP contribution in [0.1, 0.15) is 17.2 Å². The fourth-order valence-electron chi connectivity index (χ4n) is 3.02. The van der Waals surface area contributed by atoms with Crippen LogP contribution < -0.4 is 5.32 Å². The van der Waals surface area contributed by atoms with E-state index >= 15 is 0 Å². The zero-order valence-corrected chi connectivity index (χ0v) is 15.4. The summed E-state index contributed by atoms with van der Waals surface area (Å²) in [4.78, 5) is 2.47. The molecular weight excluding hydrogens is 347 g/mol. The highest BCUT2D eigenvalue weighted by molar-refractivity contribution is 6.31. The summed E-state index contributed by atoms with van der Waals surface area (Å²) in [5.41, 5.74) is 2.41. The lowest BCUT2D eigenvalue weighted by molar-refractivity contribution is 0.153. The van der Waals surface area contributed by atoms with Gasteiger partial charge in [-0.2, -0.15) is 5.10 Å². The van der Waals surface area contributed by atoms with Crippen LogP contribution in [0.2, 0.25) is 5.02 Å². The van der Waals surface area contributed by atoms with E-state index in [1.807, 2.05) is 23.0 Å². The first-order chi connectivity index (χ1) is 11.3. The van der Waals surface area contributed by atoms with E-state index in [9.17, 15) is 0 Å². The second-order valence-corrected chi connectivity index (χ2v) is 6.22. The van der Waals surface area contributed by atoms with Crippen LogP contribution in [-0.4, -0.2) is 48.0 Å². The fraction of sp³-hybridized carbons (Fsp3) is 0.471. The van der Waals surface area contributed by atoms with Gasteiger partial charge in [0.25, 0.3) is 0 Å². The quantitative estimate of drug-likeness (QED) is 0.848. The smallest absolute Gasteiger partial charge is 0.0658 e. The van der Waals surface area contributed by atoms with E-state index in [0.29, 0.717) is 12.6 Å². The van der Waals surface area contributed by atoms with E-state index in [2.05, 4.69) is 33.6 Å². The zero-order chi connectivity index (χ0) is 16.1. The van der Waals surface area contributed by atoms with Crippen LogP contribution in [0.15, 0.2) is 36.7 Å². The topological polar surface area (TPSA) is 42.3 Å². The van der Waals surface area contributed by atoms with Crippen molar-refractivity contribution in [2.24, 2.45) is 0 Å². The van der Waals surface area contributed by atoms with Gasteiger partial charge in [-0.05, 0) is 11.6 Å². The van der Waals surface area contributed by atoms with Crippen LogP contribution in [0.4, 0.5) is 0 Å². The lowest BCUT2D eigenvalue weighted by Crippen LogP contribution is -2.45. The monoisotopic (exact) mass is 370 g/mol. The van der Waals surface area contributed by atoms with Crippen molar-refractivity contribution in [3.63, 3.8) is 0 Å². The summed E-state index contributed by atoms with van der Waals surface area (Å²) >= 11 is 6.40. The molecule has 0 aliphatic carbocycles. The van der Waals surface area contributed by atoms with Gasteiger partial charge in [0.05, 0.1) is 19.3 Å². The molecule has 3 rings (SSSR count). The highest BCUT2D eigenvalue weighted by atomic mass is 35.5. The number of piperazine rings is 1. The molecule has 1 N–H and O–H groups in total. The van der Waals surface area contributed by atoms with Crippen molar-refractivity contribution in [3.05, 3.63) is 52.8 Å². The molecule has 1 fully saturated rings. The number of halogens is 2. The van der Waals surface area contributed by atoms with Gasteiger partial charge in [0.2, 0.25) is 0 Å². The van der Waals surface area contributed by atoms with E-state index in [0.717, 1.165) is 37.7 Å². The van der Waals surface area contributed by atoms with Gasteiger partial charge >= 0.3 is 0 Å². The van der Waals surface area contributed by atoms with Crippen molar-refractivity contribution < 1.29 is 4.74 Å². The molecule has 1 aromatic carbocycles. The van der Waals surface area contributed by atoms with Crippen LogP contribution in [-0.2, 0) is 17.8 Å². The fourth-order valence-corrected chi connectivity index (χ4v) is 3.28. The number of benzene rings is 1. The van der Waals surface area contributed by atoms with E-state index in [1.54, 1.807) is 7.11 Å². The van der Waals surface area contributed by atoms with Gasteiger partial charge in [0.15, 0.2) is 0 Å². The van der Waals surface area contributed by atoms with Gasteiger partial charge in [-0.1, -0.05) is 29.8 Å². The molecule has 2 aromatic rings. The molecule has 1 aromatic heterocycles. The van der Waals surface area contributed by atoms with Crippen LogP contribution in [0.5, 0.6) is 0 Å². The van der Waals surface area contributed by atoms with Crippen molar-refractivity contribution in [2.45, 2.75) is 19.1 Å². The number of methoxy groups -OCH3 is 1. The Morgan fingerprint density at radius 2 is 2.21 bits per heavy atom. The Bertz CT molecular complexity index is 635. The number of aromatic nitrogens is 2. The van der Waals surface area contributed by atoms with Crippen molar-refractivity contribution in [3.8, 4) is 0 Å². The molecule has 7 heteroatoms. The van der Waals surface area contributed by atoms with Crippen LogP contribution in [0.3, 0.4) is 0 Å². The predicted octanol–water partition coefficient (Wildman–Crippen LogP) is 2.75. The molecule has 132 valence electrons. The lowest BCUT2D eigenvalue weighted by atomic mass is 10.0. The first kappa shape index (κ1) is 19.2. The summed E-state index contributed by atoms with van der Waals surface area (Å²) < 4.78 is 7.03. The number of rotatable bonds is 6. The van der Waals surface area contributed by atoms with Crippen molar-refractivity contribution >= 4 is 24.0 Å². The minimum atomic E-state index is 0. The maximum absolute atomic E-state index is 6.40. The first-order valence-corrected chi connectivity index (χ1v) is 8.35. The molecule has 1 aliphatic heterocycles. The SMILES string of the molecule is COCCn1cc(CN2CCNCC2c2ccccc2Cl)cn1.Cl. The van der Waals surface area contributed by atoms with Gasteiger partial charge in [-0.3, -0.25) is 9.58 Å². The predicted molar refractivity (Wildman–Crippen MR) is 98.8 cm³/mol. The highest BCUT2D eigenvalue weighted by Gasteiger charge is 2.25. The van der Waals surface area contributed by atoms with Gasteiger partial charge < -0.3 is 10.1 Å². The Balaban J connectivity index is 0.00000208. The second-order valence-electron chi connectivity index (χ2n) is 5.82. The van der Waals surface area contributed by atoms with Gasteiger partial charge in [0, 0.05) is 56.1 Å². The average molecular weight is 371 g/mol. The normalized spacial score (nSPS) is 18.3. The Hall–Kier alpha value is -1.11. The molecular formula is C17H24Cl2N4O. The standard InChI is InChI=1S/C17H23ClN4O.ClH/c1-23-9-8-22-13-14(10-20-22)12-21-7-6-19-11-17(21)15-4-2-3-5-16(15)18;/h2-5,10,13,17,19H,6-9,11-12H2,1H3;1H. The number of hydrogen-bond acceptors (Lipinski definition) is 4. The molecule has 0 bridgehead atoms. The van der Waals surface area contributed by atoms with Crippen molar-refractivity contribution in [1.82, 2.24) is 20.0 Å². The van der Waals surface area contributed by atoms with E-state index in [1.165, 1.54) is 11.1 Å². The molecule has 24 heavy (non-hydrogen) atoms. The summed E-state index contributed by atoms with van der Waals surface area (Å²) in [5, 5.41) is 8.71. The van der Waals surface area contributed by atoms with Gasteiger partial charge in [-0.25, -0.2) is 0 Å². The van der Waals surface area contributed by atoms with Crippen LogP contribution >= 0.6 is 24.0 Å². The molecule has 5 nitrogen and oxygen atoms in total. The van der Waals surface area contributed by atoms with Gasteiger partial charge in [-0.15, -0.1) is 12.4 Å². The number of hydrogen-bond donors (Lipinski definition) is 1. The lowest BCUT2D eigenvalue weighted by Gasteiger charge is -2.36. The summed E-state index contributed by atoms with van der Waals surface area (Å²) in [6, 6.07) is 8.41. The maximum atomic E-state index is 6.40. The Morgan fingerprint density at radius 1 is 1.38 bits per heavy atom. The summed E-state index contributed by atoms with van der Waals surface area (Å²) in [5.74, 6) is 0. The number of ether oxygens (including phenoxy) is 1. The molecule has 0 radical (unpaired) electrons. The Morgan fingerprint density at radius 3 is 3.00 bits per heavy atom. The molecule has 0 amide bonds. The maximum Gasteiger partial charge on any atom is 0.0658 e. The minimum absolute atomic E-state index is 0. The average Bonchev–Trinajstić information content (AvgIpc) is 3.02. The van der Waals surface area contributed by atoms with Crippen molar-refractivity contribution in [2.75, 3.05) is 33.4 Å². The summed E-state index contributed by atoms with van der Waals surface area (Å²) in [6.45, 7) is 5.26. The molecule has 0 spiro atoms. The molecule has 1 unspecified atom stereocenters. The largest absolute Gasteiger partial charge is 0.383 e. The molecule has 1 saturated heterocycles. The van der Waals surface area contributed by atoms with Crippen LogP contribution in [0.25, 0.3) is 0 Å². The molecule has 2 heterocycles. The van der Waals surface area contributed by atoms with Gasteiger partial charge in [0.1, 0.15) is 0 Å². The molecule has 1 aliphatic rings. The van der Waals surface area contributed by atoms with E-state index < -0.39 is 0 Å². The number of nitrogens with zero attached hydrogens (tertiary/aromatic N) is 3. The van der Waals surface area contributed by atoms with Crippen molar-refractivity contribution in [1.29, 1.82) is 0 Å². The Kier molecular flexibility index (Phi) is 7.52. The third-order valence-corrected chi connectivity index (χ3v) is 4.56. The van der Waals surface area contributed by atoms with E-state index in [-0.39, 0.29) is 12.4 Å². The second kappa shape index (κ2) is 9.39. The van der Waals surface area contributed by atoms with E-state index in [4.69, 9.17) is 16.3 Å². The summed E-state index contributed by atoms with van der Waals surface area (Å²) in [6.07, 6.45) is 4.05. The van der Waals surface area contributed by atoms with Crippen LogP contribution in [0, 0.1) is 0 Å². The zero-order valence-electron chi connectivity index (χ0n) is 13.8.